The smallest absolute Gasteiger partial charge is 0.217 e. The van der Waals surface area contributed by atoms with Crippen LogP contribution in [0.2, 0.25) is 0 Å². The van der Waals surface area contributed by atoms with Crippen molar-refractivity contribution < 1.29 is 19.3 Å². The number of fused-ring (bicyclic) bond motifs is 3. The molecule has 3 aromatic carbocycles. The van der Waals surface area contributed by atoms with Crippen LogP contribution in [-0.4, -0.2) is 30.0 Å². The molecule has 0 fully saturated rings. The zero-order valence-electron chi connectivity index (χ0n) is 17.7. The summed E-state index contributed by atoms with van der Waals surface area (Å²) in [4.78, 5) is 0. The van der Waals surface area contributed by atoms with Crippen molar-refractivity contribution in [1.29, 1.82) is 0 Å². The van der Waals surface area contributed by atoms with Gasteiger partial charge in [-0.25, -0.2) is 5.01 Å². The summed E-state index contributed by atoms with van der Waals surface area (Å²) in [7, 11) is 3.24. The Morgan fingerprint density at radius 3 is 2.61 bits per heavy atom. The predicted molar refractivity (Wildman–Crippen MR) is 118 cm³/mol. The Kier molecular flexibility index (Phi) is 4.70. The van der Waals surface area contributed by atoms with E-state index >= 15 is 0 Å². The average molecular weight is 416 g/mol. The first kappa shape index (κ1) is 19.3. The number of ether oxygens (including phenoxy) is 3. The van der Waals surface area contributed by atoms with Gasteiger partial charge in [-0.15, -0.1) is 0 Å². The van der Waals surface area contributed by atoms with E-state index in [4.69, 9.17) is 19.3 Å². The fourth-order valence-electron chi connectivity index (χ4n) is 4.39. The van der Waals surface area contributed by atoms with Crippen molar-refractivity contribution in [2.75, 3.05) is 14.2 Å². The zero-order valence-corrected chi connectivity index (χ0v) is 17.7. The molecule has 2 atom stereocenters. The van der Waals surface area contributed by atoms with Gasteiger partial charge in [0.15, 0.2) is 11.5 Å². The molecule has 6 nitrogen and oxygen atoms in total. The third kappa shape index (κ3) is 3.15. The molecule has 0 radical (unpaired) electrons. The van der Waals surface area contributed by atoms with Crippen molar-refractivity contribution in [3.63, 3.8) is 0 Å². The van der Waals surface area contributed by atoms with E-state index in [1.807, 2.05) is 60.5 Å². The van der Waals surface area contributed by atoms with E-state index in [0.717, 1.165) is 33.7 Å². The van der Waals surface area contributed by atoms with E-state index in [1.54, 1.807) is 20.3 Å². The van der Waals surface area contributed by atoms with Crippen LogP contribution in [0.1, 0.15) is 40.9 Å². The topological polar surface area (TPSA) is 63.5 Å². The van der Waals surface area contributed by atoms with E-state index in [-0.39, 0.29) is 11.8 Å². The van der Waals surface area contributed by atoms with Crippen molar-refractivity contribution in [1.82, 2.24) is 5.01 Å². The summed E-state index contributed by atoms with van der Waals surface area (Å²) in [6.07, 6.45) is 0.176. The Morgan fingerprint density at radius 1 is 1.00 bits per heavy atom. The Hall–Kier alpha value is -3.67. The number of rotatable bonds is 4. The largest absolute Gasteiger partial charge is 0.507 e. The lowest BCUT2D eigenvalue weighted by Gasteiger charge is -2.38. The first-order valence-corrected chi connectivity index (χ1v) is 10.2. The highest BCUT2D eigenvalue weighted by atomic mass is 16.5. The third-order valence-electron chi connectivity index (χ3n) is 5.86. The van der Waals surface area contributed by atoms with E-state index in [2.05, 4.69) is 6.07 Å². The number of nitrogens with zero attached hydrogens (tertiary/aromatic N) is 2. The molecule has 0 aliphatic carbocycles. The summed E-state index contributed by atoms with van der Waals surface area (Å²) < 4.78 is 17.6. The minimum atomic E-state index is -0.491. The molecule has 6 heteroatoms. The van der Waals surface area contributed by atoms with Gasteiger partial charge >= 0.3 is 0 Å². The number of hydrazone groups is 1. The number of aromatic hydroxyl groups is 1. The number of hydrogen-bond donors (Lipinski definition) is 1. The maximum Gasteiger partial charge on any atom is 0.217 e. The molecular formula is C25H24N2O4. The quantitative estimate of drug-likeness (QED) is 0.651. The zero-order chi connectivity index (χ0) is 21.5. The molecule has 0 bridgehead atoms. The maximum absolute atomic E-state index is 10.5. The van der Waals surface area contributed by atoms with Gasteiger partial charge in [0, 0.05) is 17.5 Å². The molecule has 158 valence electrons. The molecule has 1 N–H and O–H groups in total. The SMILES string of the molecule is COc1cccc([C@@H]2Oc3ccccc3[C@@H]3CC(c4cc(C)ccc4O)=NN32)c1OC. The van der Waals surface area contributed by atoms with Crippen LogP contribution in [0.3, 0.4) is 0 Å². The highest BCUT2D eigenvalue weighted by Gasteiger charge is 2.42. The van der Waals surface area contributed by atoms with Crippen molar-refractivity contribution in [3.05, 3.63) is 82.9 Å². The number of phenolic OH excluding ortho intramolecular Hbond substituents is 1. The first-order chi connectivity index (χ1) is 15.1. The number of phenols is 1. The number of hydrogen-bond acceptors (Lipinski definition) is 6. The van der Waals surface area contributed by atoms with Gasteiger partial charge in [-0.05, 0) is 37.3 Å². The van der Waals surface area contributed by atoms with Gasteiger partial charge in [0.25, 0.3) is 0 Å². The molecule has 31 heavy (non-hydrogen) atoms. The summed E-state index contributed by atoms with van der Waals surface area (Å²) in [6, 6.07) is 19.3. The predicted octanol–water partition coefficient (Wildman–Crippen LogP) is 4.96. The van der Waals surface area contributed by atoms with Crippen LogP contribution in [0.5, 0.6) is 23.0 Å². The monoisotopic (exact) mass is 416 g/mol. The Labute approximate surface area is 181 Å². The summed E-state index contributed by atoms with van der Waals surface area (Å²) in [5.41, 5.74) is 4.57. The number of aryl methyl sites for hydroxylation is 1. The van der Waals surface area contributed by atoms with Gasteiger partial charge in [0.2, 0.25) is 6.23 Å². The minimum Gasteiger partial charge on any atom is -0.507 e. The molecule has 0 saturated carbocycles. The van der Waals surface area contributed by atoms with Gasteiger partial charge < -0.3 is 19.3 Å². The maximum atomic E-state index is 10.5. The van der Waals surface area contributed by atoms with Crippen LogP contribution in [0.25, 0.3) is 0 Å². The molecule has 0 unspecified atom stereocenters. The van der Waals surface area contributed by atoms with Gasteiger partial charge in [0.1, 0.15) is 11.5 Å². The second-order valence-electron chi connectivity index (χ2n) is 7.76. The van der Waals surface area contributed by atoms with Crippen LogP contribution < -0.4 is 14.2 Å². The summed E-state index contributed by atoms with van der Waals surface area (Å²) in [6.45, 7) is 2.01. The number of methoxy groups -OCH3 is 2. The van der Waals surface area contributed by atoms with Crippen LogP contribution in [0, 0.1) is 6.92 Å². The normalized spacial score (nSPS) is 19.2. The summed E-state index contributed by atoms with van der Waals surface area (Å²) in [5.74, 6) is 2.31. The molecule has 5 rings (SSSR count). The fraction of sp³-hybridized carbons (Fsp3) is 0.240. The molecule has 3 aromatic rings. The fourth-order valence-corrected chi connectivity index (χ4v) is 4.39. The lowest BCUT2D eigenvalue weighted by molar-refractivity contribution is -0.0205. The Bertz CT molecular complexity index is 1170. The lowest BCUT2D eigenvalue weighted by Crippen LogP contribution is -2.34. The molecule has 2 aliphatic rings. The lowest BCUT2D eigenvalue weighted by atomic mass is 9.95. The minimum absolute atomic E-state index is 0.0132. The van der Waals surface area contributed by atoms with E-state index in [0.29, 0.717) is 17.9 Å². The van der Waals surface area contributed by atoms with Crippen LogP contribution >= 0.6 is 0 Å². The van der Waals surface area contributed by atoms with Crippen LogP contribution in [0.4, 0.5) is 0 Å². The number of benzene rings is 3. The van der Waals surface area contributed by atoms with Crippen LogP contribution in [0.15, 0.2) is 65.8 Å². The van der Waals surface area contributed by atoms with E-state index in [1.165, 1.54) is 0 Å². The van der Waals surface area contributed by atoms with Crippen molar-refractivity contribution >= 4 is 5.71 Å². The second kappa shape index (κ2) is 7.54. The average Bonchev–Trinajstić information content (AvgIpc) is 3.25. The van der Waals surface area contributed by atoms with Gasteiger partial charge in [-0.1, -0.05) is 35.9 Å². The molecule has 0 aromatic heterocycles. The Balaban J connectivity index is 1.65. The van der Waals surface area contributed by atoms with Crippen molar-refractivity contribution in [2.45, 2.75) is 25.6 Å². The van der Waals surface area contributed by atoms with Gasteiger partial charge in [0.05, 0.1) is 31.5 Å². The third-order valence-corrected chi connectivity index (χ3v) is 5.86. The second-order valence-corrected chi connectivity index (χ2v) is 7.76. The molecule has 0 spiro atoms. The van der Waals surface area contributed by atoms with Gasteiger partial charge in [-0.2, -0.15) is 5.10 Å². The molecule has 2 aliphatic heterocycles. The molecular weight excluding hydrogens is 392 g/mol. The highest BCUT2D eigenvalue weighted by Crippen LogP contribution is 2.50. The van der Waals surface area contributed by atoms with Gasteiger partial charge in [-0.3, -0.25) is 0 Å². The van der Waals surface area contributed by atoms with Crippen LogP contribution in [-0.2, 0) is 0 Å². The summed E-state index contributed by atoms with van der Waals surface area (Å²) in [5, 5.41) is 17.4. The number of para-hydroxylation sites is 2. The Morgan fingerprint density at radius 2 is 1.81 bits per heavy atom. The van der Waals surface area contributed by atoms with Crippen molar-refractivity contribution in [2.24, 2.45) is 5.10 Å². The first-order valence-electron chi connectivity index (χ1n) is 10.2. The van der Waals surface area contributed by atoms with E-state index in [9.17, 15) is 5.11 Å². The molecule has 0 amide bonds. The highest BCUT2D eigenvalue weighted by molar-refractivity contribution is 6.04. The molecule has 2 heterocycles. The summed E-state index contributed by atoms with van der Waals surface area (Å²) >= 11 is 0. The van der Waals surface area contributed by atoms with Crippen molar-refractivity contribution in [3.8, 4) is 23.0 Å². The van der Waals surface area contributed by atoms with E-state index < -0.39 is 6.23 Å². The standard InChI is InChI=1S/C25H24N2O4/c1-15-11-12-21(28)18(13-15)19-14-20-16-7-4-5-9-22(16)31-25(27(20)26-19)17-8-6-10-23(29-2)24(17)30-3/h4-13,20,25,28H,14H2,1-3H3/t20-,25-/m0/s1. The molecule has 0 saturated heterocycles.